The van der Waals surface area contributed by atoms with Crippen LogP contribution in [0.4, 0.5) is 11.4 Å². The zero-order chi connectivity index (χ0) is 13.1. The maximum atomic E-state index is 6.09. The van der Waals surface area contributed by atoms with Crippen LogP contribution in [-0.4, -0.2) is 18.6 Å². The fourth-order valence-corrected chi connectivity index (χ4v) is 2.09. The smallest absolute Gasteiger partial charge is 0.0600 e. The second-order valence-electron chi connectivity index (χ2n) is 4.86. The molecule has 3 nitrogen and oxygen atoms in total. The van der Waals surface area contributed by atoms with Crippen molar-refractivity contribution in [3.05, 3.63) is 47.3 Å². The standard InChI is InChI=1S/C15H21N3/c1-11-9-14(16)15(10-12(11)2)18(3)8-6-13-5-4-7-17-13/h4-5,7,9-10,17H,6,8,16H2,1-3H3. The largest absolute Gasteiger partial charge is 0.397 e. The number of benzene rings is 1. The summed E-state index contributed by atoms with van der Waals surface area (Å²) in [5.74, 6) is 0. The van der Waals surface area contributed by atoms with Crippen molar-refractivity contribution < 1.29 is 0 Å². The highest BCUT2D eigenvalue weighted by molar-refractivity contribution is 5.69. The van der Waals surface area contributed by atoms with Crippen LogP contribution in [0.1, 0.15) is 16.8 Å². The Morgan fingerprint density at radius 3 is 2.61 bits per heavy atom. The number of hydrogen-bond acceptors (Lipinski definition) is 2. The van der Waals surface area contributed by atoms with Crippen LogP contribution in [0.15, 0.2) is 30.5 Å². The van der Waals surface area contributed by atoms with Gasteiger partial charge in [0.1, 0.15) is 0 Å². The number of nitrogens with zero attached hydrogens (tertiary/aromatic N) is 1. The van der Waals surface area contributed by atoms with Gasteiger partial charge in [0.25, 0.3) is 0 Å². The zero-order valence-corrected chi connectivity index (χ0v) is 11.3. The summed E-state index contributed by atoms with van der Waals surface area (Å²) in [5, 5.41) is 0. The Kier molecular flexibility index (Phi) is 3.60. The molecule has 0 unspecified atom stereocenters. The summed E-state index contributed by atoms with van der Waals surface area (Å²) >= 11 is 0. The summed E-state index contributed by atoms with van der Waals surface area (Å²) in [4.78, 5) is 5.43. The molecule has 0 amide bonds. The maximum Gasteiger partial charge on any atom is 0.0600 e. The topological polar surface area (TPSA) is 45.0 Å². The van der Waals surface area contributed by atoms with Gasteiger partial charge in [-0.3, -0.25) is 0 Å². The van der Waals surface area contributed by atoms with Crippen LogP contribution in [0, 0.1) is 13.8 Å². The number of H-pyrrole nitrogens is 1. The summed E-state index contributed by atoms with van der Waals surface area (Å²) in [6.45, 7) is 5.17. The molecule has 2 rings (SSSR count). The molecule has 18 heavy (non-hydrogen) atoms. The van der Waals surface area contributed by atoms with Crippen molar-refractivity contribution in [1.29, 1.82) is 0 Å². The minimum atomic E-state index is 0.854. The van der Waals surface area contributed by atoms with Crippen LogP contribution in [0.5, 0.6) is 0 Å². The predicted octanol–water partition coefficient (Wildman–Crippen LogP) is 2.89. The Hall–Kier alpha value is -1.90. The van der Waals surface area contributed by atoms with Crippen LogP contribution in [0.3, 0.4) is 0 Å². The van der Waals surface area contributed by atoms with Crippen molar-refractivity contribution in [3.8, 4) is 0 Å². The Morgan fingerprint density at radius 2 is 1.94 bits per heavy atom. The Morgan fingerprint density at radius 1 is 1.22 bits per heavy atom. The lowest BCUT2D eigenvalue weighted by Gasteiger charge is -2.22. The number of likely N-dealkylation sites (N-methyl/N-ethyl adjacent to an activating group) is 1. The summed E-state index contributed by atoms with van der Waals surface area (Å²) in [5.41, 5.74) is 11.8. The Bertz CT molecular complexity index is 515. The third kappa shape index (κ3) is 2.67. The molecule has 0 aliphatic rings. The molecule has 0 saturated carbocycles. The molecule has 1 heterocycles. The maximum absolute atomic E-state index is 6.09. The van der Waals surface area contributed by atoms with E-state index < -0.39 is 0 Å². The van der Waals surface area contributed by atoms with E-state index in [0.29, 0.717) is 0 Å². The molecular weight excluding hydrogens is 222 g/mol. The monoisotopic (exact) mass is 243 g/mol. The molecule has 1 aromatic carbocycles. The van der Waals surface area contributed by atoms with Gasteiger partial charge in [0.15, 0.2) is 0 Å². The second kappa shape index (κ2) is 5.17. The van der Waals surface area contributed by atoms with Crippen molar-refractivity contribution >= 4 is 11.4 Å². The molecule has 0 aliphatic carbocycles. The van der Waals surface area contributed by atoms with E-state index >= 15 is 0 Å². The number of nitrogens with one attached hydrogen (secondary N) is 1. The van der Waals surface area contributed by atoms with Gasteiger partial charge >= 0.3 is 0 Å². The summed E-state index contributed by atoms with van der Waals surface area (Å²) in [7, 11) is 2.09. The average molecular weight is 243 g/mol. The van der Waals surface area contributed by atoms with E-state index in [9.17, 15) is 0 Å². The third-order valence-corrected chi connectivity index (χ3v) is 3.43. The van der Waals surface area contributed by atoms with Gasteiger partial charge < -0.3 is 15.6 Å². The molecule has 3 N–H and O–H groups in total. The van der Waals surface area contributed by atoms with E-state index in [1.807, 2.05) is 12.3 Å². The number of aromatic nitrogens is 1. The highest BCUT2D eigenvalue weighted by Crippen LogP contribution is 2.26. The number of aryl methyl sites for hydroxylation is 2. The van der Waals surface area contributed by atoms with Gasteiger partial charge in [0.05, 0.1) is 11.4 Å². The van der Waals surface area contributed by atoms with E-state index in [0.717, 1.165) is 24.3 Å². The van der Waals surface area contributed by atoms with Gasteiger partial charge in [-0.05, 0) is 49.2 Å². The number of nitrogen functional groups attached to an aromatic ring is 1. The van der Waals surface area contributed by atoms with Gasteiger partial charge in [-0.15, -0.1) is 0 Å². The van der Waals surface area contributed by atoms with Crippen LogP contribution in [-0.2, 0) is 6.42 Å². The summed E-state index contributed by atoms with van der Waals surface area (Å²) in [6.07, 6.45) is 2.95. The molecule has 96 valence electrons. The lowest BCUT2D eigenvalue weighted by Crippen LogP contribution is -2.21. The first-order chi connectivity index (χ1) is 8.58. The van der Waals surface area contributed by atoms with Crippen LogP contribution in [0.2, 0.25) is 0 Å². The predicted molar refractivity (Wildman–Crippen MR) is 78.1 cm³/mol. The number of nitrogens with two attached hydrogens (primary N) is 1. The summed E-state index contributed by atoms with van der Waals surface area (Å²) < 4.78 is 0. The molecule has 0 radical (unpaired) electrons. The van der Waals surface area contributed by atoms with Gasteiger partial charge in [0.2, 0.25) is 0 Å². The number of anilines is 2. The van der Waals surface area contributed by atoms with E-state index in [-0.39, 0.29) is 0 Å². The fourth-order valence-electron chi connectivity index (χ4n) is 2.09. The first kappa shape index (κ1) is 12.6. The second-order valence-corrected chi connectivity index (χ2v) is 4.86. The quantitative estimate of drug-likeness (QED) is 0.811. The van der Waals surface area contributed by atoms with E-state index in [1.54, 1.807) is 0 Å². The van der Waals surface area contributed by atoms with E-state index in [2.05, 4.69) is 49.0 Å². The number of rotatable bonds is 4. The molecular formula is C15H21N3. The molecule has 3 heteroatoms. The van der Waals surface area contributed by atoms with Crippen molar-refractivity contribution in [2.24, 2.45) is 0 Å². The van der Waals surface area contributed by atoms with E-state index in [4.69, 9.17) is 5.73 Å². The van der Waals surface area contributed by atoms with Crippen LogP contribution in [0.25, 0.3) is 0 Å². The minimum Gasteiger partial charge on any atom is -0.397 e. The van der Waals surface area contributed by atoms with Gasteiger partial charge in [-0.1, -0.05) is 0 Å². The molecule has 0 bridgehead atoms. The normalized spacial score (nSPS) is 10.6. The molecule has 2 aromatic rings. The molecule has 0 fully saturated rings. The fraction of sp³-hybridized carbons (Fsp3) is 0.333. The molecule has 1 aromatic heterocycles. The third-order valence-electron chi connectivity index (χ3n) is 3.43. The highest BCUT2D eigenvalue weighted by atomic mass is 15.1. The first-order valence-corrected chi connectivity index (χ1v) is 6.28. The molecule has 0 aliphatic heterocycles. The summed E-state index contributed by atoms with van der Waals surface area (Å²) in [6, 6.07) is 8.35. The van der Waals surface area contributed by atoms with Crippen LogP contribution >= 0.6 is 0 Å². The zero-order valence-electron chi connectivity index (χ0n) is 11.3. The van der Waals surface area contributed by atoms with Gasteiger partial charge in [-0.25, -0.2) is 0 Å². The van der Waals surface area contributed by atoms with Gasteiger partial charge in [0, 0.05) is 31.9 Å². The average Bonchev–Trinajstić information content (AvgIpc) is 2.84. The number of aromatic amines is 1. The minimum absolute atomic E-state index is 0.854. The Labute approximate surface area is 109 Å². The Balaban J connectivity index is 2.09. The van der Waals surface area contributed by atoms with Crippen molar-refractivity contribution in [1.82, 2.24) is 4.98 Å². The SMILES string of the molecule is Cc1cc(N)c(N(C)CCc2ccc[nH]2)cc1C. The molecule has 0 spiro atoms. The number of hydrogen-bond donors (Lipinski definition) is 2. The van der Waals surface area contributed by atoms with Crippen molar-refractivity contribution in [2.75, 3.05) is 24.2 Å². The van der Waals surface area contributed by atoms with Gasteiger partial charge in [-0.2, -0.15) is 0 Å². The lowest BCUT2D eigenvalue weighted by atomic mass is 10.1. The van der Waals surface area contributed by atoms with E-state index in [1.165, 1.54) is 16.8 Å². The lowest BCUT2D eigenvalue weighted by molar-refractivity contribution is 0.859. The van der Waals surface area contributed by atoms with Crippen molar-refractivity contribution in [3.63, 3.8) is 0 Å². The van der Waals surface area contributed by atoms with Crippen molar-refractivity contribution in [2.45, 2.75) is 20.3 Å². The highest BCUT2D eigenvalue weighted by Gasteiger charge is 2.07. The first-order valence-electron chi connectivity index (χ1n) is 6.28. The molecule has 0 saturated heterocycles. The van der Waals surface area contributed by atoms with Crippen LogP contribution < -0.4 is 10.6 Å². The molecule has 0 atom stereocenters.